The van der Waals surface area contributed by atoms with E-state index in [0.29, 0.717) is 13.2 Å². The Hall–Kier alpha value is -1.98. The molecule has 2 aromatic rings. The summed E-state index contributed by atoms with van der Waals surface area (Å²) < 4.78 is 11.6. The standard InChI is InChI=1S/C24H30N2O2/c1-20(23-6-2-4-21(16-23)18-27-14-12-25-8-9-25)24-7-3-5-22(17-24)19-28-15-13-26-10-11-26/h2-7,16-17H,1,8-15,18-19H2. The van der Waals surface area contributed by atoms with Crippen LogP contribution in [0.1, 0.15) is 22.3 Å². The third kappa shape index (κ3) is 6.01. The highest BCUT2D eigenvalue weighted by molar-refractivity contribution is 5.78. The van der Waals surface area contributed by atoms with Crippen molar-refractivity contribution in [2.24, 2.45) is 0 Å². The molecule has 0 unspecified atom stereocenters. The molecule has 0 bridgehead atoms. The fraction of sp³-hybridized carbons (Fsp3) is 0.417. The lowest BCUT2D eigenvalue weighted by Gasteiger charge is -2.11. The van der Waals surface area contributed by atoms with Crippen LogP contribution in [0, 0.1) is 0 Å². The maximum Gasteiger partial charge on any atom is 0.0717 e. The van der Waals surface area contributed by atoms with Crippen LogP contribution >= 0.6 is 0 Å². The van der Waals surface area contributed by atoms with Crippen LogP contribution in [-0.4, -0.2) is 62.3 Å². The molecule has 2 saturated heterocycles. The Morgan fingerprint density at radius 2 is 1.21 bits per heavy atom. The highest BCUT2D eigenvalue weighted by Gasteiger charge is 2.16. The fourth-order valence-electron chi connectivity index (χ4n) is 3.22. The van der Waals surface area contributed by atoms with Crippen LogP contribution in [0.5, 0.6) is 0 Å². The number of hydrogen-bond acceptors (Lipinski definition) is 4. The summed E-state index contributed by atoms with van der Waals surface area (Å²) in [6, 6.07) is 17.0. The summed E-state index contributed by atoms with van der Waals surface area (Å²) >= 11 is 0. The minimum atomic E-state index is 0.653. The molecule has 2 fully saturated rings. The Morgan fingerprint density at radius 3 is 1.64 bits per heavy atom. The van der Waals surface area contributed by atoms with Gasteiger partial charge in [-0.25, -0.2) is 0 Å². The highest BCUT2D eigenvalue weighted by atomic mass is 16.5. The van der Waals surface area contributed by atoms with Crippen LogP contribution in [0.4, 0.5) is 0 Å². The Morgan fingerprint density at radius 1 is 0.750 bits per heavy atom. The second kappa shape index (κ2) is 9.48. The van der Waals surface area contributed by atoms with Gasteiger partial charge in [0.25, 0.3) is 0 Å². The van der Waals surface area contributed by atoms with Gasteiger partial charge in [-0.1, -0.05) is 43.0 Å². The van der Waals surface area contributed by atoms with Crippen molar-refractivity contribution in [1.29, 1.82) is 0 Å². The summed E-state index contributed by atoms with van der Waals surface area (Å²) in [5.74, 6) is 0. The highest BCUT2D eigenvalue weighted by Crippen LogP contribution is 2.24. The molecule has 0 saturated carbocycles. The van der Waals surface area contributed by atoms with Gasteiger partial charge in [-0.05, 0) is 40.0 Å². The Kier molecular flexibility index (Phi) is 6.55. The van der Waals surface area contributed by atoms with Crippen molar-refractivity contribution < 1.29 is 9.47 Å². The molecule has 148 valence electrons. The average molecular weight is 379 g/mol. The smallest absolute Gasteiger partial charge is 0.0717 e. The van der Waals surface area contributed by atoms with E-state index in [1.165, 1.54) is 37.3 Å². The maximum atomic E-state index is 5.81. The van der Waals surface area contributed by atoms with Gasteiger partial charge in [0.1, 0.15) is 0 Å². The second-order valence-electron chi connectivity index (χ2n) is 7.67. The second-order valence-corrected chi connectivity index (χ2v) is 7.67. The molecular weight excluding hydrogens is 348 g/mol. The van der Waals surface area contributed by atoms with Gasteiger partial charge in [-0.15, -0.1) is 0 Å². The van der Waals surface area contributed by atoms with Gasteiger partial charge in [0, 0.05) is 39.3 Å². The van der Waals surface area contributed by atoms with Gasteiger partial charge >= 0.3 is 0 Å². The summed E-state index contributed by atoms with van der Waals surface area (Å²) in [6.45, 7) is 14.2. The molecule has 4 nitrogen and oxygen atoms in total. The van der Waals surface area contributed by atoms with Crippen LogP contribution in [0.3, 0.4) is 0 Å². The summed E-state index contributed by atoms with van der Waals surface area (Å²) in [6.07, 6.45) is 0. The first kappa shape index (κ1) is 19.3. The maximum absolute atomic E-state index is 5.81. The zero-order valence-corrected chi connectivity index (χ0v) is 16.6. The predicted octanol–water partition coefficient (Wildman–Crippen LogP) is 3.41. The first-order chi connectivity index (χ1) is 13.8. The van der Waals surface area contributed by atoms with E-state index in [9.17, 15) is 0 Å². The SMILES string of the molecule is C=C(c1cccc(COCCN2CC2)c1)c1cccc(COCCN2CC2)c1. The molecule has 0 N–H and O–H groups in total. The predicted molar refractivity (Wildman–Crippen MR) is 113 cm³/mol. The van der Waals surface area contributed by atoms with Gasteiger partial charge in [0.05, 0.1) is 26.4 Å². The molecule has 2 aliphatic heterocycles. The lowest BCUT2D eigenvalue weighted by molar-refractivity contribution is 0.114. The lowest BCUT2D eigenvalue weighted by Crippen LogP contribution is -2.08. The molecule has 0 aliphatic carbocycles. The third-order valence-corrected chi connectivity index (χ3v) is 5.27. The minimum absolute atomic E-state index is 0.653. The van der Waals surface area contributed by atoms with Crippen molar-refractivity contribution in [2.45, 2.75) is 13.2 Å². The van der Waals surface area contributed by atoms with Crippen LogP contribution < -0.4 is 0 Å². The van der Waals surface area contributed by atoms with Gasteiger partial charge in [0.15, 0.2) is 0 Å². The summed E-state index contributed by atoms with van der Waals surface area (Å²) in [5.41, 5.74) is 5.72. The Labute approximate surface area is 168 Å². The average Bonchev–Trinajstić information content (AvgIpc) is 3.64. The molecule has 2 aliphatic rings. The zero-order chi connectivity index (χ0) is 19.2. The molecule has 0 amide bonds. The first-order valence-electron chi connectivity index (χ1n) is 10.3. The van der Waals surface area contributed by atoms with Gasteiger partial charge in [0.2, 0.25) is 0 Å². The van der Waals surface area contributed by atoms with Crippen molar-refractivity contribution in [2.75, 3.05) is 52.5 Å². The number of ether oxygens (including phenoxy) is 2. The normalized spacial score (nSPS) is 16.3. The monoisotopic (exact) mass is 378 g/mol. The van der Waals surface area contributed by atoms with Crippen molar-refractivity contribution in [3.8, 4) is 0 Å². The Balaban J connectivity index is 1.30. The van der Waals surface area contributed by atoms with Crippen molar-refractivity contribution in [1.82, 2.24) is 9.80 Å². The molecule has 0 atom stereocenters. The van der Waals surface area contributed by atoms with Crippen LogP contribution in [0.2, 0.25) is 0 Å². The first-order valence-corrected chi connectivity index (χ1v) is 10.3. The van der Waals surface area contributed by atoms with E-state index in [1.54, 1.807) is 0 Å². The summed E-state index contributed by atoms with van der Waals surface area (Å²) in [5, 5.41) is 0. The van der Waals surface area contributed by atoms with Gasteiger partial charge in [-0.3, -0.25) is 9.80 Å². The van der Waals surface area contributed by atoms with E-state index in [4.69, 9.17) is 9.47 Å². The molecular formula is C24H30N2O2. The number of nitrogens with zero attached hydrogens (tertiary/aromatic N) is 2. The molecule has 0 aromatic heterocycles. The number of hydrogen-bond donors (Lipinski definition) is 0. The van der Waals surface area contributed by atoms with Gasteiger partial charge < -0.3 is 9.47 Å². The quantitative estimate of drug-likeness (QED) is 0.417. The van der Waals surface area contributed by atoms with Crippen molar-refractivity contribution in [3.63, 3.8) is 0 Å². The van der Waals surface area contributed by atoms with Crippen molar-refractivity contribution >= 4 is 5.57 Å². The van der Waals surface area contributed by atoms with Crippen LogP contribution in [-0.2, 0) is 22.7 Å². The third-order valence-electron chi connectivity index (χ3n) is 5.27. The molecule has 4 heteroatoms. The van der Waals surface area contributed by atoms with E-state index in [0.717, 1.165) is 43.0 Å². The topological polar surface area (TPSA) is 24.5 Å². The van der Waals surface area contributed by atoms with E-state index in [2.05, 4.69) is 64.9 Å². The summed E-state index contributed by atoms with van der Waals surface area (Å²) in [4.78, 5) is 4.75. The van der Waals surface area contributed by atoms with E-state index >= 15 is 0 Å². The fourth-order valence-corrected chi connectivity index (χ4v) is 3.22. The Bertz CT molecular complexity index is 731. The van der Waals surface area contributed by atoms with Crippen molar-refractivity contribution in [3.05, 3.63) is 77.4 Å². The lowest BCUT2D eigenvalue weighted by atomic mass is 9.97. The number of rotatable bonds is 12. The molecule has 4 rings (SSSR count). The minimum Gasteiger partial charge on any atom is -0.375 e. The van der Waals surface area contributed by atoms with Crippen LogP contribution in [0.25, 0.3) is 5.57 Å². The molecule has 0 spiro atoms. The summed E-state index contributed by atoms with van der Waals surface area (Å²) in [7, 11) is 0. The largest absolute Gasteiger partial charge is 0.375 e. The molecule has 0 radical (unpaired) electrons. The van der Waals surface area contributed by atoms with E-state index in [1.807, 2.05) is 0 Å². The molecule has 2 heterocycles. The van der Waals surface area contributed by atoms with Crippen LogP contribution in [0.15, 0.2) is 55.1 Å². The molecule has 2 aromatic carbocycles. The van der Waals surface area contributed by atoms with E-state index in [-0.39, 0.29) is 0 Å². The van der Waals surface area contributed by atoms with Gasteiger partial charge in [-0.2, -0.15) is 0 Å². The van der Waals surface area contributed by atoms with E-state index < -0.39 is 0 Å². The zero-order valence-electron chi connectivity index (χ0n) is 16.6. The molecule has 28 heavy (non-hydrogen) atoms. The number of benzene rings is 2.